The summed E-state index contributed by atoms with van der Waals surface area (Å²) in [4.78, 5) is 16.5. The minimum absolute atomic E-state index is 0.00439. The Bertz CT molecular complexity index is 592. The zero-order valence-corrected chi connectivity index (χ0v) is 12.4. The molecule has 0 unspecified atom stereocenters. The minimum atomic E-state index is -0.238. The van der Waals surface area contributed by atoms with Crippen molar-refractivity contribution in [3.05, 3.63) is 36.9 Å². The predicted molar refractivity (Wildman–Crippen MR) is 79.7 cm³/mol. The van der Waals surface area contributed by atoms with Gasteiger partial charge in [-0.05, 0) is 19.1 Å². The van der Waals surface area contributed by atoms with Crippen molar-refractivity contribution in [2.24, 2.45) is 0 Å². The first-order valence-electron chi connectivity index (χ1n) is 5.54. The van der Waals surface area contributed by atoms with E-state index in [4.69, 9.17) is 0 Å². The van der Waals surface area contributed by atoms with Gasteiger partial charge in [-0.3, -0.25) is 9.36 Å². The van der Waals surface area contributed by atoms with Crippen LogP contribution in [0.1, 0.15) is 11.7 Å². The summed E-state index contributed by atoms with van der Waals surface area (Å²) in [6.45, 7) is 5.51. The lowest BCUT2D eigenvalue weighted by molar-refractivity contribution is 0.0912. The number of alkyl halides is 1. The predicted octanol–water partition coefficient (Wildman–Crippen LogP) is 3.74. The third-order valence-corrected chi connectivity index (χ3v) is 3.75. The van der Waals surface area contributed by atoms with E-state index in [0.29, 0.717) is 5.16 Å². The maximum absolute atomic E-state index is 12.2. The molecule has 1 heterocycles. The van der Waals surface area contributed by atoms with Gasteiger partial charge in [0, 0.05) is 5.75 Å². The number of imidazole rings is 1. The standard InChI is InChI=1S/C13H13BrN2OS/c1-3-8-18-13-15-10-6-4-5-7-11(10)16(13)12(17)9(2)14/h3-7,9H,1,8H2,2H3/t9-/m1/s1. The maximum Gasteiger partial charge on any atom is 0.246 e. The van der Waals surface area contributed by atoms with Gasteiger partial charge < -0.3 is 0 Å². The molecule has 2 rings (SSSR count). The van der Waals surface area contributed by atoms with E-state index in [1.54, 1.807) is 10.6 Å². The quantitative estimate of drug-likeness (QED) is 0.488. The number of fused-ring (bicyclic) bond motifs is 1. The summed E-state index contributed by atoms with van der Waals surface area (Å²) < 4.78 is 1.67. The Labute approximate surface area is 118 Å². The van der Waals surface area contributed by atoms with Gasteiger partial charge in [-0.2, -0.15) is 0 Å². The summed E-state index contributed by atoms with van der Waals surface area (Å²) in [5.41, 5.74) is 1.69. The first-order chi connectivity index (χ1) is 8.65. The SMILES string of the molecule is C=CCSc1nc2ccccc2n1C(=O)[C@@H](C)Br. The summed E-state index contributed by atoms with van der Waals surface area (Å²) in [6.07, 6.45) is 1.80. The number of halogens is 1. The van der Waals surface area contributed by atoms with Crippen LogP contribution in [-0.4, -0.2) is 26.0 Å². The van der Waals surface area contributed by atoms with E-state index < -0.39 is 0 Å². The topological polar surface area (TPSA) is 34.9 Å². The van der Waals surface area contributed by atoms with Crippen molar-refractivity contribution in [2.75, 3.05) is 5.75 Å². The lowest BCUT2D eigenvalue weighted by Crippen LogP contribution is -2.19. The number of carbonyl (C=O) groups excluding carboxylic acids is 1. The van der Waals surface area contributed by atoms with Crippen molar-refractivity contribution in [3.63, 3.8) is 0 Å². The van der Waals surface area contributed by atoms with Crippen molar-refractivity contribution in [3.8, 4) is 0 Å². The van der Waals surface area contributed by atoms with Crippen LogP contribution in [0.25, 0.3) is 11.0 Å². The van der Waals surface area contributed by atoms with E-state index in [9.17, 15) is 4.79 Å². The highest BCUT2D eigenvalue weighted by atomic mass is 79.9. The van der Waals surface area contributed by atoms with Crippen LogP contribution in [0.3, 0.4) is 0 Å². The van der Waals surface area contributed by atoms with Crippen LogP contribution in [0.4, 0.5) is 0 Å². The van der Waals surface area contributed by atoms with Gasteiger partial charge >= 0.3 is 0 Å². The molecule has 0 fully saturated rings. The molecule has 94 valence electrons. The molecule has 0 aliphatic rings. The highest BCUT2D eigenvalue weighted by Crippen LogP contribution is 2.25. The number of nitrogens with zero attached hydrogens (tertiary/aromatic N) is 2. The minimum Gasteiger partial charge on any atom is -0.273 e. The third-order valence-electron chi connectivity index (χ3n) is 2.42. The summed E-state index contributed by atoms with van der Waals surface area (Å²) in [7, 11) is 0. The smallest absolute Gasteiger partial charge is 0.246 e. The maximum atomic E-state index is 12.2. The fourth-order valence-electron chi connectivity index (χ4n) is 1.63. The van der Waals surface area contributed by atoms with Gasteiger partial charge in [-0.15, -0.1) is 6.58 Å². The molecule has 0 saturated heterocycles. The first-order valence-corrected chi connectivity index (χ1v) is 7.44. The number of para-hydroxylation sites is 2. The van der Waals surface area contributed by atoms with Gasteiger partial charge in [0.25, 0.3) is 0 Å². The Morgan fingerprint density at radius 1 is 1.61 bits per heavy atom. The number of carbonyl (C=O) groups is 1. The van der Waals surface area contributed by atoms with Crippen LogP contribution >= 0.6 is 27.7 Å². The van der Waals surface area contributed by atoms with E-state index in [2.05, 4.69) is 27.5 Å². The van der Waals surface area contributed by atoms with Gasteiger partial charge in [-0.25, -0.2) is 4.98 Å². The van der Waals surface area contributed by atoms with E-state index in [0.717, 1.165) is 16.8 Å². The molecule has 0 aliphatic carbocycles. The van der Waals surface area contributed by atoms with Crippen LogP contribution in [0, 0.1) is 0 Å². The van der Waals surface area contributed by atoms with E-state index in [1.807, 2.05) is 31.2 Å². The van der Waals surface area contributed by atoms with Gasteiger partial charge in [0.2, 0.25) is 5.91 Å². The summed E-state index contributed by atoms with van der Waals surface area (Å²) >= 11 is 4.83. The number of benzene rings is 1. The van der Waals surface area contributed by atoms with E-state index >= 15 is 0 Å². The molecule has 0 bridgehead atoms. The van der Waals surface area contributed by atoms with Crippen LogP contribution < -0.4 is 0 Å². The average Bonchev–Trinajstić information content (AvgIpc) is 2.73. The van der Waals surface area contributed by atoms with Gasteiger partial charge in [0.05, 0.1) is 15.9 Å². The van der Waals surface area contributed by atoms with Crippen molar-refractivity contribution >= 4 is 44.6 Å². The molecule has 18 heavy (non-hydrogen) atoms. The molecular weight excluding hydrogens is 312 g/mol. The van der Waals surface area contributed by atoms with Gasteiger partial charge in [0.15, 0.2) is 5.16 Å². The molecule has 1 aromatic heterocycles. The van der Waals surface area contributed by atoms with Crippen LogP contribution in [0.5, 0.6) is 0 Å². The third kappa shape index (κ3) is 2.52. The van der Waals surface area contributed by atoms with Crippen molar-refractivity contribution in [1.82, 2.24) is 9.55 Å². The Hall–Kier alpha value is -1.07. The summed E-state index contributed by atoms with van der Waals surface area (Å²) in [5.74, 6) is 0.725. The Morgan fingerprint density at radius 2 is 2.33 bits per heavy atom. The molecule has 0 amide bonds. The number of aromatic nitrogens is 2. The molecule has 0 radical (unpaired) electrons. The summed E-state index contributed by atoms with van der Waals surface area (Å²) in [6, 6.07) is 7.65. The van der Waals surface area contributed by atoms with Crippen LogP contribution in [0.15, 0.2) is 42.1 Å². The van der Waals surface area contributed by atoms with Crippen molar-refractivity contribution in [2.45, 2.75) is 16.9 Å². The zero-order chi connectivity index (χ0) is 13.1. The Morgan fingerprint density at radius 3 is 3.00 bits per heavy atom. The van der Waals surface area contributed by atoms with Gasteiger partial charge in [-0.1, -0.05) is 45.9 Å². The van der Waals surface area contributed by atoms with Crippen molar-refractivity contribution < 1.29 is 4.79 Å². The van der Waals surface area contributed by atoms with Crippen LogP contribution in [0.2, 0.25) is 0 Å². The molecular formula is C13H13BrN2OS. The average molecular weight is 325 g/mol. The molecule has 0 aliphatic heterocycles. The lowest BCUT2D eigenvalue weighted by Gasteiger charge is -2.08. The fourth-order valence-corrected chi connectivity index (χ4v) is 2.58. The molecule has 1 aromatic carbocycles. The Balaban J connectivity index is 2.57. The molecule has 0 saturated carbocycles. The number of rotatable bonds is 4. The number of hydrogen-bond acceptors (Lipinski definition) is 3. The molecule has 3 nitrogen and oxygen atoms in total. The second-order valence-electron chi connectivity index (χ2n) is 3.77. The highest BCUT2D eigenvalue weighted by molar-refractivity contribution is 9.10. The van der Waals surface area contributed by atoms with Crippen molar-refractivity contribution in [1.29, 1.82) is 0 Å². The van der Waals surface area contributed by atoms with Gasteiger partial charge in [0.1, 0.15) is 0 Å². The second-order valence-corrected chi connectivity index (χ2v) is 6.13. The zero-order valence-electron chi connectivity index (χ0n) is 9.97. The molecule has 2 aromatic rings. The second kappa shape index (κ2) is 5.71. The molecule has 5 heteroatoms. The monoisotopic (exact) mass is 324 g/mol. The number of hydrogen-bond donors (Lipinski definition) is 0. The Kier molecular flexibility index (Phi) is 4.24. The first kappa shape index (κ1) is 13.4. The molecule has 0 N–H and O–H groups in total. The lowest BCUT2D eigenvalue weighted by atomic mass is 10.3. The van der Waals surface area contributed by atoms with E-state index in [1.165, 1.54) is 11.8 Å². The van der Waals surface area contributed by atoms with E-state index in [-0.39, 0.29) is 10.7 Å². The van der Waals surface area contributed by atoms with Crippen LogP contribution in [-0.2, 0) is 0 Å². The summed E-state index contributed by atoms with van der Waals surface area (Å²) in [5, 5.41) is 0.715. The number of thioether (sulfide) groups is 1. The molecule has 0 spiro atoms. The largest absolute Gasteiger partial charge is 0.273 e. The fraction of sp³-hybridized carbons (Fsp3) is 0.231. The molecule has 1 atom stereocenters. The highest BCUT2D eigenvalue weighted by Gasteiger charge is 2.19. The normalized spacial score (nSPS) is 12.6.